The third-order valence-corrected chi connectivity index (χ3v) is 6.75. The minimum absolute atomic E-state index is 0.125. The van der Waals surface area contributed by atoms with Gasteiger partial charge in [0.15, 0.2) is 5.69 Å². The van der Waals surface area contributed by atoms with Crippen LogP contribution in [0.3, 0.4) is 0 Å². The van der Waals surface area contributed by atoms with Crippen molar-refractivity contribution in [3.8, 4) is 5.75 Å². The largest absolute Gasteiger partial charge is 0.488 e. The summed E-state index contributed by atoms with van der Waals surface area (Å²) in [6.45, 7) is 5.04. The van der Waals surface area contributed by atoms with E-state index in [2.05, 4.69) is 37.0 Å². The van der Waals surface area contributed by atoms with Crippen LogP contribution in [-0.4, -0.2) is 65.4 Å². The van der Waals surface area contributed by atoms with Gasteiger partial charge in [-0.1, -0.05) is 0 Å². The van der Waals surface area contributed by atoms with E-state index in [0.29, 0.717) is 17.4 Å². The van der Waals surface area contributed by atoms with Crippen molar-refractivity contribution in [2.75, 3.05) is 38.3 Å². The first-order valence-corrected chi connectivity index (χ1v) is 12.3. The SMILES string of the molecule is COC(=O)c1cc(C)nc(CC2CCC(Oc3cc(N4CCOCC4)cc4nccnc34)CC2)n1. The molecular weight excluding hydrogens is 446 g/mol. The topological polar surface area (TPSA) is 99.6 Å². The van der Waals surface area contributed by atoms with Gasteiger partial charge in [-0.3, -0.25) is 4.98 Å². The van der Waals surface area contributed by atoms with Gasteiger partial charge in [0.2, 0.25) is 0 Å². The molecule has 1 aliphatic heterocycles. The number of ether oxygens (including phenoxy) is 3. The number of hydrogen-bond donors (Lipinski definition) is 0. The van der Waals surface area contributed by atoms with Crippen molar-refractivity contribution < 1.29 is 19.0 Å². The summed E-state index contributed by atoms with van der Waals surface area (Å²) in [5, 5.41) is 0. The third-order valence-electron chi connectivity index (χ3n) is 6.75. The molecule has 9 heteroatoms. The Morgan fingerprint density at radius 2 is 1.83 bits per heavy atom. The maximum absolute atomic E-state index is 11.9. The molecule has 0 unspecified atom stereocenters. The summed E-state index contributed by atoms with van der Waals surface area (Å²) in [4.78, 5) is 32.3. The van der Waals surface area contributed by atoms with Gasteiger partial charge in [0.05, 0.1) is 31.9 Å². The Bertz CT molecular complexity index is 1190. The van der Waals surface area contributed by atoms with Crippen molar-refractivity contribution in [2.24, 2.45) is 5.92 Å². The Kier molecular flexibility index (Phi) is 7.03. The van der Waals surface area contributed by atoms with E-state index in [1.165, 1.54) is 7.11 Å². The molecule has 35 heavy (non-hydrogen) atoms. The molecule has 2 aliphatic rings. The quantitative estimate of drug-likeness (QED) is 0.494. The van der Waals surface area contributed by atoms with Gasteiger partial charge >= 0.3 is 5.97 Å². The van der Waals surface area contributed by atoms with E-state index < -0.39 is 5.97 Å². The van der Waals surface area contributed by atoms with Crippen LogP contribution in [0.5, 0.6) is 5.75 Å². The van der Waals surface area contributed by atoms with Crippen LogP contribution >= 0.6 is 0 Å². The zero-order valence-corrected chi connectivity index (χ0v) is 20.3. The molecule has 3 heterocycles. The summed E-state index contributed by atoms with van der Waals surface area (Å²) < 4.78 is 16.9. The zero-order chi connectivity index (χ0) is 24.2. The summed E-state index contributed by atoms with van der Waals surface area (Å²) >= 11 is 0. The van der Waals surface area contributed by atoms with Gasteiger partial charge in [0.1, 0.15) is 17.1 Å². The molecule has 0 N–H and O–H groups in total. The molecule has 2 aromatic heterocycles. The first-order chi connectivity index (χ1) is 17.1. The van der Waals surface area contributed by atoms with E-state index in [0.717, 1.165) is 86.6 Å². The highest BCUT2D eigenvalue weighted by molar-refractivity contribution is 5.87. The molecule has 0 atom stereocenters. The molecular formula is C26H31N5O4. The second-order valence-corrected chi connectivity index (χ2v) is 9.23. The van der Waals surface area contributed by atoms with Crippen molar-refractivity contribution in [3.05, 3.63) is 47.8 Å². The number of hydrogen-bond acceptors (Lipinski definition) is 9. The normalized spacial score (nSPS) is 20.6. The lowest BCUT2D eigenvalue weighted by atomic mass is 9.85. The highest BCUT2D eigenvalue weighted by Gasteiger charge is 2.25. The monoisotopic (exact) mass is 477 g/mol. The first-order valence-electron chi connectivity index (χ1n) is 12.3. The molecule has 1 saturated carbocycles. The van der Waals surface area contributed by atoms with Gasteiger partial charge in [-0.15, -0.1) is 0 Å². The number of nitrogens with zero attached hydrogens (tertiary/aromatic N) is 5. The predicted molar refractivity (Wildman–Crippen MR) is 131 cm³/mol. The van der Waals surface area contributed by atoms with Gasteiger partial charge in [0.25, 0.3) is 0 Å². The Morgan fingerprint density at radius 3 is 2.60 bits per heavy atom. The van der Waals surface area contributed by atoms with Gasteiger partial charge in [0, 0.05) is 49.4 Å². The summed E-state index contributed by atoms with van der Waals surface area (Å²) in [5.41, 5.74) is 3.84. The third kappa shape index (κ3) is 5.51. The number of morpholine rings is 1. The number of carbonyl (C=O) groups excluding carboxylic acids is 1. The highest BCUT2D eigenvalue weighted by Crippen LogP contribution is 2.34. The minimum atomic E-state index is -0.427. The van der Waals surface area contributed by atoms with Crippen LogP contribution in [0.4, 0.5) is 5.69 Å². The molecule has 0 radical (unpaired) electrons. The summed E-state index contributed by atoms with van der Waals surface area (Å²) in [7, 11) is 1.37. The standard InChI is InChI=1S/C26H31N5O4/c1-17-13-22(26(32)33-2)30-24(29-17)14-18-3-5-20(6-4-18)35-23-16-19(31-9-11-34-12-10-31)15-21-25(23)28-8-7-27-21/h7-8,13,15-16,18,20H,3-6,9-12,14H2,1-2H3. The van der Waals surface area contributed by atoms with Crippen LogP contribution in [0, 0.1) is 12.8 Å². The van der Waals surface area contributed by atoms with Gasteiger partial charge < -0.3 is 19.1 Å². The van der Waals surface area contributed by atoms with E-state index in [1.807, 2.05) is 6.92 Å². The lowest BCUT2D eigenvalue weighted by Crippen LogP contribution is -2.36. The average molecular weight is 478 g/mol. The van der Waals surface area contributed by atoms with Crippen LogP contribution in [-0.2, 0) is 15.9 Å². The molecule has 3 aromatic rings. The fourth-order valence-electron chi connectivity index (χ4n) is 4.94. The smallest absolute Gasteiger partial charge is 0.356 e. The number of methoxy groups -OCH3 is 1. The summed E-state index contributed by atoms with van der Waals surface area (Å²) in [6, 6.07) is 5.85. The number of carbonyl (C=O) groups is 1. The van der Waals surface area contributed by atoms with Gasteiger partial charge in [-0.05, 0) is 50.7 Å². The molecule has 2 fully saturated rings. The Hall–Kier alpha value is -3.33. The minimum Gasteiger partial charge on any atom is -0.488 e. The number of anilines is 1. The van der Waals surface area contributed by atoms with Crippen LogP contribution in [0.2, 0.25) is 0 Å². The Labute approximate surface area is 204 Å². The zero-order valence-electron chi connectivity index (χ0n) is 20.3. The Balaban J connectivity index is 1.26. The lowest BCUT2D eigenvalue weighted by Gasteiger charge is -2.31. The maximum atomic E-state index is 11.9. The molecule has 184 valence electrons. The van der Waals surface area contributed by atoms with Crippen molar-refractivity contribution in [3.63, 3.8) is 0 Å². The number of fused-ring (bicyclic) bond motifs is 1. The van der Waals surface area contributed by atoms with E-state index in [-0.39, 0.29) is 6.10 Å². The fraction of sp³-hybridized carbons (Fsp3) is 0.500. The average Bonchev–Trinajstić information content (AvgIpc) is 2.89. The molecule has 1 saturated heterocycles. The molecule has 1 aliphatic carbocycles. The maximum Gasteiger partial charge on any atom is 0.356 e. The van der Waals surface area contributed by atoms with Crippen molar-refractivity contribution in [1.29, 1.82) is 0 Å². The second kappa shape index (κ2) is 10.5. The summed E-state index contributed by atoms with van der Waals surface area (Å²) in [5.74, 6) is 1.53. The van der Waals surface area contributed by atoms with E-state index >= 15 is 0 Å². The summed E-state index contributed by atoms with van der Waals surface area (Å²) in [6.07, 6.45) is 8.24. The molecule has 0 amide bonds. The van der Waals surface area contributed by atoms with Crippen LogP contribution < -0.4 is 9.64 Å². The van der Waals surface area contributed by atoms with Crippen molar-refractivity contribution in [2.45, 2.75) is 45.1 Å². The molecule has 0 spiro atoms. The van der Waals surface area contributed by atoms with E-state index in [9.17, 15) is 4.79 Å². The van der Waals surface area contributed by atoms with Gasteiger partial charge in [-0.25, -0.2) is 19.7 Å². The number of aryl methyl sites for hydroxylation is 1. The second-order valence-electron chi connectivity index (χ2n) is 9.23. The van der Waals surface area contributed by atoms with Crippen molar-refractivity contribution >= 4 is 22.7 Å². The number of rotatable bonds is 6. The van der Waals surface area contributed by atoms with Crippen molar-refractivity contribution in [1.82, 2.24) is 19.9 Å². The Morgan fingerprint density at radius 1 is 1.06 bits per heavy atom. The number of esters is 1. The van der Waals surface area contributed by atoms with Crippen LogP contribution in [0.25, 0.3) is 11.0 Å². The van der Waals surface area contributed by atoms with E-state index in [1.54, 1.807) is 18.5 Å². The van der Waals surface area contributed by atoms with Crippen LogP contribution in [0.1, 0.15) is 47.7 Å². The number of benzene rings is 1. The van der Waals surface area contributed by atoms with Crippen LogP contribution in [0.15, 0.2) is 30.6 Å². The lowest BCUT2D eigenvalue weighted by molar-refractivity contribution is 0.0593. The highest BCUT2D eigenvalue weighted by atomic mass is 16.5. The predicted octanol–water partition coefficient (Wildman–Crippen LogP) is 3.53. The molecule has 5 rings (SSSR count). The molecule has 0 bridgehead atoms. The first kappa shape index (κ1) is 23.4. The van der Waals surface area contributed by atoms with Gasteiger partial charge in [-0.2, -0.15) is 0 Å². The fourth-order valence-corrected chi connectivity index (χ4v) is 4.94. The molecule has 9 nitrogen and oxygen atoms in total. The van der Waals surface area contributed by atoms with E-state index in [4.69, 9.17) is 14.2 Å². The molecule has 1 aromatic carbocycles. The number of aromatic nitrogens is 4.